The molecule has 0 radical (unpaired) electrons. The van der Waals surface area contributed by atoms with Gasteiger partial charge >= 0.3 is 0 Å². The number of carbonyl (C=O) groups excluding carboxylic acids is 2. The summed E-state index contributed by atoms with van der Waals surface area (Å²) in [4.78, 5) is 24.3. The number of fused-ring (bicyclic) bond motifs is 1. The lowest BCUT2D eigenvalue weighted by Crippen LogP contribution is -2.46. The minimum absolute atomic E-state index is 0.0428. The van der Waals surface area contributed by atoms with E-state index in [2.05, 4.69) is 16.0 Å². The van der Waals surface area contributed by atoms with Crippen molar-refractivity contribution >= 4 is 11.8 Å². The second kappa shape index (κ2) is 9.25. The average molecular weight is 422 g/mol. The number of rotatable bonds is 5. The molecule has 2 aromatic rings. The number of benzene rings is 2. The SMILES string of the molecule is N#C[C@H](Cc1ccc(-c2ccc3c(c2)C(=O)NC3)cc1F)NC(=O)[C@@H]1CNCCCO1. The molecular formula is C23H23FN4O3. The number of hydrogen-bond donors (Lipinski definition) is 3. The highest BCUT2D eigenvalue weighted by molar-refractivity contribution is 5.99. The first-order chi connectivity index (χ1) is 15.0. The molecule has 31 heavy (non-hydrogen) atoms. The Balaban J connectivity index is 1.45. The van der Waals surface area contributed by atoms with Crippen molar-refractivity contribution in [2.24, 2.45) is 0 Å². The summed E-state index contributed by atoms with van der Waals surface area (Å²) in [5.74, 6) is -0.979. The molecule has 1 fully saturated rings. The molecule has 2 amide bonds. The van der Waals surface area contributed by atoms with E-state index in [-0.39, 0.29) is 18.2 Å². The Kier molecular flexibility index (Phi) is 6.26. The van der Waals surface area contributed by atoms with Gasteiger partial charge in [0, 0.05) is 31.7 Å². The number of hydrogen-bond acceptors (Lipinski definition) is 5. The quantitative estimate of drug-likeness (QED) is 0.680. The molecule has 0 spiro atoms. The Bertz CT molecular complexity index is 1040. The summed E-state index contributed by atoms with van der Waals surface area (Å²) in [6, 6.07) is 11.4. The van der Waals surface area contributed by atoms with Crippen LogP contribution in [0.5, 0.6) is 0 Å². The van der Waals surface area contributed by atoms with Crippen LogP contribution in [0.4, 0.5) is 4.39 Å². The molecule has 7 nitrogen and oxygen atoms in total. The molecule has 1 saturated heterocycles. The van der Waals surface area contributed by atoms with Gasteiger partial charge in [0.15, 0.2) is 0 Å². The van der Waals surface area contributed by atoms with E-state index in [0.717, 1.165) is 24.1 Å². The van der Waals surface area contributed by atoms with E-state index < -0.39 is 18.0 Å². The van der Waals surface area contributed by atoms with Gasteiger partial charge < -0.3 is 20.7 Å². The number of nitrogens with zero attached hydrogens (tertiary/aromatic N) is 1. The zero-order valence-electron chi connectivity index (χ0n) is 16.9. The summed E-state index contributed by atoms with van der Waals surface area (Å²) < 4.78 is 20.3. The maximum absolute atomic E-state index is 14.8. The summed E-state index contributed by atoms with van der Waals surface area (Å²) in [6.45, 7) is 2.14. The zero-order valence-corrected chi connectivity index (χ0v) is 16.9. The lowest BCUT2D eigenvalue weighted by Gasteiger charge is -2.18. The van der Waals surface area contributed by atoms with E-state index in [1.54, 1.807) is 18.2 Å². The van der Waals surface area contributed by atoms with Crippen LogP contribution in [0, 0.1) is 17.1 Å². The van der Waals surface area contributed by atoms with Gasteiger partial charge in [-0.25, -0.2) is 4.39 Å². The summed E-state index contributed by atoms with van der Waals surface area (Å²) in [7, 11) is 0. The molecule has 2 heterocycles. The molecule has 0 bridgehead atoms. The molecule has 0 aromatic heterocycles. The van der Waals surface area contributed by atoms with Gasteiger partial charge in [0.1, 0.15) is 18.0 Å². The van der Waals surface area contributed by atoms with E-state index in [0.29, 0.717) is 36.4 Å². The largest absolute Gasteiger partial charge is 0.367 e. The van der Waals surface area contributed by atoms with E-state index in [4.69, 9.17) is 4.74 Å². The lowest BCUT2D eigenvalue weighted by molar-refractivity contribution is -0.132. The van der Waals surface area contributed by atoms with Crippen molar-refractivity contribution in [3.8, 4) is 17.2 Å². The number of carbonyl (C=O) groups is 2. The van der Waals surface area contributed by atoms with Crippen LogP contribution in [0.2, 0.25) is 0 Å². The summed E-state index contributed by atoms with van der Waals surface area (Å²) >= 11 is 0. The van der Waals surface area contributed by atoms with Crippen LogP contribution in [0.15, 0.2) is 36.4 Å². The van der Waals surface area contributed by atoms with Crippen LogP contribution in [0.25, 0.3) is 11.1 Å². The van der Waals surface area contributed by atoms with Crippen molar-refractivity contribution in [2.45, 2.75) is 31.5 Å². The van der Waals surface area contributed by atoms with E-state index in [1.807, 2.05) is 18.2 Å². The third-order valence-electron chi connectivity index (χ3n) is 5.52. The fraction of sp³-hybridized carbons (Fsp3) is 0.348. The van der Waals surface area contributed by atoms with Crippen LogP contribution in [0.3, 0.4) is 0 Å². The van der Waals surface area contributed by atoms with Crippen molar-refractivity contribution in [1.82, 2.24) is 16.0 Å². The monoisotopic (exact) mass is 422 g/mol. The smallest absolute Gasteiger partial charge is 0.251 e. The van der Waals surface area contributed by atoms with Crippen LogP contribution < -0.4 is 16.0 Å². The third-order valence-corrected chi connectivity index (χ3v) is 5.52. The first kappa shape index (κ1) is 21.0. The maximum Gasteiger partial charge on any atom is 0.251 e. The van der Waals surface area contributed by atoms with Crippen LogP contribution in [0.1, 0.15) is 27.9 Å². The normalized spacial score (nSPS) is 19.0. The van der Waals surface area contributed by atoms with E-state index in [1.165, 1.54) is 6.07 Å². The number of amides is 2. The average Bonchev–Trinajstić information content (AvgIpc) is 2.97. The number of halogens is 1. The van der Waals surface area contributed by atoms with Crippen molar-refractivity contribution < 1.29 is 18.7 Å². The molecule has 4 rings (SSSR count). The predicted octanol–water partition coefficient (Wildman–Crippen LogP) is 1.67. The Morgan fingerprint density at radius 2 is 2.10 bits per heavy atom. The van der Waals surface area contributed by atoms with Gasteiger partial charge in [-0.05, 0) is 47.4 Å². The molecule has 2 aromatic carbocycles. The van der Waals surface area contributed by atoms with E-state index >= 15 is 0 Å². The highest BCUT2D eigenvalue weighted by atomic mass is 19.1. The molecule has 2 aliphatic rings. The summed E-state index contributed by atoms with van der Waals surface area (Å²) in [6.07, 6.45) is 0.196. The number of nitriles is 1. The van der Waals surface area contributed by atoms with Crippen molar-refractivity contribution in [3.05, 3.63) is 58.9 Å². The zero-order chi connectivity index (χ0) is 21.8. The number of ether oxygens (including phenoxy) is 1. The van der Waals surface area contributed by atoms with Crippen molar-refractivity contribution in [1.29, 1.82) is 5.26 Å². The minimum Gasteiger partial charge on any atom is -0.367 e. The second-order valence-electron chi connectivity index (χ2n) is 7.67. The van der Waals surface area contributed by atoms with Crippen LogP contribution in [-0.4, -0.2) is 43.7 Å². The van der Waals surface area contributed by atoms with Gasteiger partial charge in [-0.3, -0.25) is 9.59 Å². The van der Waals surface area contributed by atoms with Crippen molar-refractivity contribution in [2.75, 3.05) is 19.7 Å². The predicted molar refractivity (Wildman–Crippen MR) is 111 cm³/mol. The summed E-state index contributed by atoms with van der Waals surface area (Å²) in [5.41, 5.74) is 3.23. The van der Waals surface area contributed by atoms with Gasteiger partial charge in [0.25, 0.3) is 11.8 Å². The highest BCUT2D eigenvalue weighted by Gasteiger charge is 2.24. The lowest BCUT2D eigenvalue weighted by atomic mass is 9.97. The number of nitrogens with one attached hydrogen (secondary N) is 3. The first-order valence-corrected chi connectivity index (χ1v) is 10.3. The van der Waals surface area contributed by atoms with Gasteiger partial charge in [0.2, 0.25) is 0 Å². The first-order valence-electron chi connectivity index (χ1n) is 10.3. The van der Waals surface area contributed by atoms with Gasteiger partial charge in [-0.15, -0.1) is 0 Å². The maximum atomic E-state index is 14.8. The highest BCUT2D eigenvalue weighted by Crippen LogP contribution is 2.27. The van der Waals surface area contributed by atoms with Crippen molar-refractivity contribution in [3.63, 3.8) is 0 Å². The Morgan fingerprint density at radius 1 is 1.29 bits per heavy atom. The molecular weight excluding hydrogens is 399 g/mol. The van der Waals surface area contributed by atoms with E-state index in [9.17, 15) is 19.2 Å². The molecule has 2 atom stereocenters. The molecule has 0 unspecified atom stereocenters. The molecule has 0 saturated carbocycles. The second-order valence-corrected chi connectivity index (χ2v) is 7.67. The van der Waals surface area contributed by atoms with Crippen LogP contribution in [-0.2, 0) is 22.5 Å². The summed E-state index contributed by atoms with van der Waals surface area (Å²) in [5, 5.41) is 18.0. The Morgan fingerprint density at radius 3 is 2.90 bits per heavy atom. The van der Waals surface area contributed by atoms with Crippen LogP contribution >= 0.6 is 0 Å². The topological polar surface area (TPSA) is 103 Å². The molecule has 8 heteroatoms. The standard InChI is InChI=1S/C23H23FN4O3/c24-20-10-15(14-3-5-17-12-27-22(29)19(17)9-14)2-4-16(20)8-18(11-25)28-23(30)21-13-26-6-1-7-31-21/h2-5,9-10,18,21,26H,1,6-8,12-13H2,(H,27,29)(H,28,30)/t18-,21-/m0/s1. The molecule has 2 aliphatic heterocycles. The fourth-order valence-electron chi connectivity index (χ4n) is 3.78. The van der Waals surface area contributed by atoms with Gasteiger partial charge in [0.05, 0.1) is 6.07 Å². The van der Waals surface area contributed by atoms with Gasteiger partial charge in [-0.2, -0.15) is 5.26 Å². The molecule has 3 N–H and O–H groups in total. The Hall–Kier alpha value is -3.28. The van der Waals surface area contributed by atoms with Gasteiger partial charge in [-0.1, -0.05) is 24.3 Å². The fourth-order valence-corrected chi connectivity index (χ4v) is 3.78. The minimum atomic E-state index is -0.872. The molecule has 160 valence electrons. The third kappa shape index (κ3) is 4.74. The molecule has 0 aliphatic carbocycles. The Labute approximate surface area is 179 Å².